The van der Waals surface area contributed by atoms with Crippen LogP contribution >= 0.6 is 0 Å². The summed E-state index contributed by atoms with van der Waals surface area (Å²) in [6.45, 7) is 7.28. The van der Waals surface area contributed by atoms with Crippen LogP contribution in [-0.4, -0.2) is 34.3 Å². The third-order valence-electron chi connectivity index (χ3n) is 3.66. The first-order valence-corrected chi connectivity index (χ1v) is 7.95. The molecule has 0 fully saturated rings. The highest BCUT2D eigenvalue weighted by Crippen LogP contribution is 2.20. The Hall–Kier alpha value is -2.44. The Balaban J connectivity index is 1.94. The van der Waals surface area contributed by atoms with E-state index in [1.165, 1.54) is 0 Å². The molecule has 3 aromatic heterocycles. The van der Waals surface area contributed by atoms with E-state index < -0.39 is 0 Å². The van der Waals surface area contributed by atoms with Gasteiger partial charge in [-0.1, -0.05) is 20.8 Å². The van der Waals surface area contributed by atoms with Gasteiger partial charge < -0.3 is 0 Å². The van der Waals surface area contributed by atoms with Crippen molar-refractivity contribution in [3.63, 3.8) is 0 Å². The standard InChI is InChI=1S/C16H23N7/c1-12(2)8-15-19-16(13(3)10-22-7-5-6-17-22)23(20-15)14-9-18-21(4)11-14/h5-7,9,11-13H,8,10H2,1-4H3. The molecule has 0 saturated heterocycles. The summed E-state index contributed by atoms with van der Waals surface area (Å²) < 4.78 is 5.62. The summed E-state index contributed by atoms with van der Waals surface area (Å²) in [5.41, 5.74) is 0.942. The second kappa shape index (κ2) is 6.36. The first-order chi connectivity index (χ1) is 11.0. The lowest BCUT2D eigenvalue weighted by Gasteiger charge is -2.11. The summed E-state index contributed by atoms with van der Waals surface area (Å²) in [4.78, 5) is 4.79. The number of aromatic nitrogens is 7. The molecule has 1 atom stereocenters. The minimum Gasteiger partial charge on any atom is -0.274 e. The molecule has 0 aromatic carbocycles. The number of rotatable bonds is 6. The molecule has 0 radical (unpaired) electrons. The molecule has 0 spiro atoms. The molecule has 122 valence electrons. The Morgan fingerprint density at radius 3 is 2.61 bits per heavy atom. The average molecular weight is 313 g/mol. The maximum atomic E-state index is 4.79. The van der Waals surface area contributed by atoms with Crippen LogP contribution in [0.5, 0.6) is 0 Å². The molecule has 0 bridgehead atoms. The molecular formula is C16H23N7. The van der Waals surface area contributed by atoms with Crippen LogP contribution in [0, 0.1) is 5.92 Å². The van der Waals surface area contributed by atoms with Crippen molar-refractivity contribution in [2.24, 2.45) is 13.0 Å². The van der Waals surface area contributed by atoms with E-state index in [0.717, 1.165) is 30.3 Å². The normalized spacial score (nSPS) is 12.9. The second-order valence-corrected chi connectivity index (χ2v) is 6.40. The Morgan fingerprint density at radius 1 is 1.17 bits per heavy atom. The van der Waals surface area contributed by atoms with Gasteiger partial charge in [-0.3, -0.25) is 9.36 Å². The molecule has 7 heteroatoms. The SMILES string of the molecule is CC(C)Cc1nc(C(C)Cn2cccn2)n(-c2cnn(C)c2)n1. The predicted octanol–water partition coefficient (Wildman–Crippen LogP) is 2.20. The fraction of sp³-hybridized carbons (Fsp3) is 0.500. The molecule has 3 rings (SSSR count). The van der Waals surface area contributed by atoms with Crippen molar-refractivity contribution in [1.29, 1.82) is 0 Å². The molecule has 0 aliphatic carbocycles. The lowest BCUT2D eigenvalue weighted by atomic mass is 10.1. The number of aryl methyl sites for hydroxylation is 1. The molecule has 0 amide bonds. The highest BCUT2D eigenvalue weighted by atomic mass is 15.4. The monoisotopic (exact) mass is 313 g/mol. The van der Waals surface area contributed by atoms with Gasteiger partial charge in [0.25, 0.3) is 0 Å². The van der Waals surface area contributed by atoms with E-state index in [0.29, 0.717) is 5.92 Å². The van der Waals surface area contributed by atoms with E-state index in [4.69, 9.17) is 10.1 Å². The van der Waals surface area contributed by atoms with Crippen molar-refractivity contribution in [2.75, 3.05) is 0 Å². The topological polar surface area (TPSA) is 66.3 Å². The van der Waals surface area contributed by atoms with Gasteiger partial charge in [0.15, 0.2) is 5.82 Å². The van der Waals surface area contributed by atoms with E-state index >= 15 is 0 Å². The second-order valence-electron chi connectivity index (χ2n) is 6.40. The summed E-state index contributed by atoms with van der Waals surface area (Å²) in [5.74, 6) is 2.55. The zero-order chi connectivity index (χ0) is 16.4. The maximum absolute atomic E-state index is 4.79. The molecule has 0 aliphatic rings. The first-order valence-electron chi connectivity index (χ1n) is 7.95. The van der Waals surface area contributed by atoms with E-state index in [9.17, 15) is 0 Å². The van der Waals surface area contributed by atoms with Crippen LogP contribution in [0.15, 0.2) is 30.9 Å². The summed E-state index contributed by atoms with van der Waals surface area (Å²) in [6, 6.07) is 1.93. The van der Waals surface area contributed by atoms with Crippen LogP contribution in [0.25, 0.3) is 5.69 Å². The molecule has 1 unspecified atom stereocenters. The molecule has 3 heterocycles. The fourth-order valence-electron chi connectivity index (χ4n) is 2.62. The molecular weight excluding hydrogens is 290 g/mol. The Kier molecular flexibility index (Phi) is 4.27. The van der Waals surface area contributed by atoms with Crippen LogP contribution < -0.4 is 0 Å². The molecule has 0 aliphatic heterocycles. The quantitative estimate of drug-likeness (QED) is 0.700. The molecule has 23 heavy (non-hydrogen) atoms. The van der Waals surface area contributed by atoms with Crippen molar-refractivity contribution >= 4 is 0 Å². The van der Waals surface area contributed by atoms with Crippen LogP contribution in [0.2, 0.25) is 0 Å². The van der Waals surface area contributed by atoms with Gasteiger partial charge in [0, 0.05) is 31.8 Å². The first kappa shape index (κ1) is 15.5. The van der Waals surface area contributed by atoms with E-state index in [2.05, 4.69) is 31.0 Å². The summed E-state index contributed by atoms with van der Waals surface area (Å²) in [6.07, 6.45) is 8.41. The van der Waals surface area contributed by atoms with Gasteiger partial charge in [-0.15, -0.1) is 0 Å². The Morgan fingerprint density at radius 2 is 2.00 bits per heavy atom. The lowest BCUT2D eigenvalue weighted by molar-refractivity contribution is 0.515. The van der Waals surface area contributed by atoms with E-state index in [1.807, 2.05) is 41.1 Å². The smallest absolute Gasteiger partial charge is 0.151 e. The minimum absolute atomic E-state index is 0.198. The molecule has 0 N–H and O–H groups in total. The van der Waals surface area contributed by atoms with E-state index in [-0.39, 0.29) is 5.92 Å². The van der Waals surface area contributed by atoms with Gasteiger partial charge >= 0.3 is 0 Å². The largest absolute Gasteiger partial charge is 0.274 e. The van der Waals surface area contributed by atoms with Crippen LogP contribution in [0.3, 0.4) is 0 Å². The van der Waals surface area contributed by atoms with Gasteiger partial charge in [-0.2, -0.15) is 15.3 Å². The van der Waals surface area contributed by atoms with Gasteiger partial charge in [0.1, 0.15) is 11.5 Å². The molecule has 3 aromatic rings. The van der Waals surface area contributed by atoms with Crippen LogP contribution in [-0.2, 0) is 20.0 Å². The Bertz CT molecular complexity index is 751. The summed E-state index contributed by atoms with van der Waals surface area (Å²) in [7, 11) is 1.91. The van der Waals surface area contributed by atoms with Crippen molar-refractivity contribution in [2.45, 2.75) is 39.7 Å². The van der Waals surface area contributed by atoms with E-state index in [1.54, 1.807) is 10.9 Å². The number of nitrogens with zero attached hydrogens (tertiary/aromatic N) is 7. The van der Waals surface area contributed by atoms with Gasteiger partial charge in [-0.25, -0.2) is 9.67 Å². The van der Waals surface area contributed by atoms with Crippen LogP contribution in [0.4, 0.5) is 0 Å². The average Bonchev–Trinajstić information content (AvgIpc) is 3.18. The predicted molar refractivity (Wildman–Crippen MR) is 87.3 cm³/mol. The highest BCUT2D eigenvalue weighted by molar-refractivity contribution is 5.26. The number of hydrogen-bond acceptors (Lipinski definition) is 4. The van der Waals surface area contributed by atoms with Gasteiger partial charge in [-0.05, 0) is 12.0 Å². The van der Waals surface area contributed by atoms with Gasteiger partial charge in [0.2, 0.25) is 0 Å². The van der Waals surface area contributed by atoms with Crippen molar-refractivity contribution in [3.05, 3.63) is 42.5 Å². The third-order valence-corrected chi connectivity index (χ3v) is 3.66. The Labute approximate surface area is 136 Å². The lowest BCUT2D eigenvalue weighted by Crippen LogP contribution is -2.12. The maximum Gasteiger partial charge on any atom is 0.151 e. The van der Waals surface area contributed by atoms with Crippen LogP contribution in [0.1, 0.15) is 38.3 Å². The molecule has 7 nitrogen and oxygen atoms in total. The van der Waals surface area contributed by atoms with Crippen molar-refractivity contribution in [1.82, 2.24) is 34.3 Å². The van der Waals surface area contributed by atoms with Gasteiger partial charge in [0.05, 0.1) is 18.9 Å². The van der Waals surface area contributed by atoms with Crippen molar-refractivity contribution in [3.8, 4) is 5.69 Å². The molecule has 0 saturated carbocycles. The highest BCUT2D eigenvalue weighted by Gasteiger charge is 2.19. The number of hydrogen-bond donors (Lipinski definition) is 0. The zero-order valence-corrected chi connectivity index (χ0v) is 14.1. The third kappa shape index (κ3) is 3.49. The fourth-order valence-corrected chi connectivity index (χ4v) is 2.62. The summed E-state index contributed by atoms with van der Waals surface area (Å²) in [5, 5.41) is 13.2. The van der Waals surface area contributed by atoms with Crippen molar-refractivity contribution < 1.29 is 0 Å². The zero-order valence-electron chi connectivity index (χ0n) is 14.1. The minimum atomic E-state index is 0.198. The summed E-state index contributed by atoms with van der Waals surface area (Å²) >= 11 is 0.